The van der Waals surface area contributed by atoms with E-state index in [4.69, 9.17) is 5.73 Å². The predicted octanol–water partition coefficient (Wildman–Crippen LogP) is 1.39. The molecule has 0 aromatic carbocycles. The Kier molecular flexibility index (Phi) is 4.54. The van der Waals surface area contributed by atoms with Gasteiger partial charge >= 0.3 is 5.97 Å². The van der Waals surface area contributed by atoms with Crippen molar-refractivity contribution in [2.45, 2.75) is 63.3 Å². The number of halogens is 1. The number of aliphatic hydroxyl groups is 1. The highest BCUT2D eigenvalue weighted by atomic mass is 19.1. The topological polar surface area (TPSA) is 96.4 Å². The molecule has 1 aliphatic carbocycles. The van der Waals surface area contributed by atoms with Crippen LogP contribution in [-0.4, -0.2) is 38.5 Å². The third-order valence-corrected chi connectivity index (χ3v) is 4.24. The standard InChI is InChI=1S/C16H23FN2O3/c1-15(2,17)9-13(18)16(22,14(20)21)8-12-11-5-3-4-10(11)6-7-19-12/h6-7,13,22H,3-5,8-9,18H2,1-2H3,(H,20,21)/t13?,16-/m1/s1. The van der Waals surface area contributed by atoms with Crippen LogP contribution >= 0.6 is 0 Å². The van der Waals surface area contributed by atoms with Crippen molar-refractivity contribution in [1.82, 2.24) is 4.98 Å². The second-order valence-corrected chi connectivity index (χ2v) is 6.68. The maximum absolute atomic E-state index is 13.8. The summed E-state index contributed by atoms with van der Waals surface area (Å²) in [6.45, 7) is 2.63. The Labute approximate surface area is 129 Å². The van der Waals surface area contributed by atoms with Gasteiger partial charge in [-0.15, -0.1) is 0 Å². The van der Waals surface area contributed by atoms with Gasteiger partial charge in [-0.25, -0.2) is 9.18 Å². The van der Waals surface area contributed by atoms with E-state index in [9.17, 15) is 19.4 Å². The molecule has 2 atom stereocenters. The van der Waals surface area contributed by atoms with Crippen LogP contribution < -0.4 is 5.73 Å². The van der Waals surface area contributed by atoms with Gasteiger partial charge in [0.05, 0.1) is 0 Å². The molecule has 0 amide bonds. The van der Waals surface area contributed by atoms with Crippen molar-refractivity contribution in [3.8, 4) is 0 Å². The minimum Gasteiger partial charge on any atom is -0.479 e. The van der Waals surface area contributed by atoms with Crippen molar-refractivity contribution in [3.05, 3.63) is 29.1 Å². The summed E-state index contributed by atoms with van der Waals surface area (Å²) in [6, 6.07) is 0.694. The van der Waals surface area contributed by atoms with Gasteiger partial charge in [0, 0.05) is 24.4 Å². The maximum Gasteiger partial charge on any atom is 0.337 e. The lowest BCUT2D eigenvalue weighted by Gasteiger charge is -2.32. The van der Waals surface area contributed by atoms with Crippen LogP contribution in [0.3, 0.4) is 0 Å². The Morgan fingerprint density at radius 1 is 1.50 bits per heavy atom. The fourth-order valence-corrected chi connectivity index (χ4v) is 3.04. The van der Waals surface area contributed by atoms with E-state index < -0.39 is 23.3 Å². The average molecular weight is 310 g/mol. The van der Waals surface area contributed by atoms with E-state index in [0.29, 0.717) is 5.69 Å². The minimum absolute atomic E-state index is 0.206. The van der Waals surface area contributed by atoms with Gasteiger partial charge in [-0.05, 0) is 56.7 Å². The van der Waals surface area contributed by atoms with E-state index in [1.807, 2.05) is 6.07 Å². The summed E-state index contributed by atoms with van der Waals surface area (Å²) in [6.07, 6.45) is 3.90. The number of rotatable bonds is 6. The zero-order chi connectivity index (χ0) is 16.5. The van der Waals surface area contributed by atoms with Gasteiger partial charge in [-0.2, -0.15) is 0 Å². The Morgan fingerprint density at radius 2 is 2.18 bits per heavy atom. The molecule has 0 bridgehead atoms. The van der Waals surface area contributed by atoms with Crippen molar-refractivity contribution in [3.63, 3.8) is 0 Å². The van der Waals surface area contributed by atoms with Crippen LogP contribution in [0, 0.1) is 0 Å². The number of hydrogen-bond acceptors (Lipinski definition) is 4. The number of pyridine rings is 1. The second-order valence-electron chi connectivity index (χ2n) is 6.68. The number of nitrogens with two attached hydrogens (primary N) is 1. The molecular weight excluding hydrogens is 287 g/mol. The lowest BCUT2D eigenvalue weighted by Crippen LogP contribution is -2.57. The van der Waals surface area contributed by atoms with Crippen molar-refractivity contribution in [1.29, 1.82) is 0 Å². The molecule has 122 valence electrons. The van der Waals surface area contributed by atoms with Crippen LogP contribution in [0.25, 0.3) is 0 Å². The third kappa shape index (κ3) is 3.44. The van der Waals surface area contributed by atoms with Crippen LogP contribution in [-0.2, 0) is 24.1 Å². The first-order valence-corrected chi connectivity index (χ1v) is 7.49. The Bertz CT molecular complexity index is 571. The maximum atomic E-state index is 13.8. The molecule has 5 nitrogen and oxygen atoms in total. The number of fused-ring (bicyclic) bond motifs is 1. The SMILES string of the molecule is CC(C)(F)CC(N)[C@](O)(Cc1nccc2c1CCC2)C(=O)O. The average Bonchev–Trinajstić information content (AvgIpc) is 2.85. The van der Waals surface area contributed by atoms with E-state index in [1.54, 1.807) is 6.20 Å². The largest absolute Gasteiger partial charge is 0.479 e. The van der Waals surface area contributed by atoms with E-state index in [1.165, 1.54) is 13.8 Å². The zero-order valence-electron chi connectivity index (χ0n) is 13.0. The number of carboxylic acids is 1. The number of nitrogens with zero attached hydrogens (tertiary/aromatic N) is 1. The van der Waals surface area contributed by atoms with E-state index in [0.717, 1.165) is 30.4 Å². The van der Waals surface area contributed by atoms with Crippen molar-refractivity contribution in [2.75, 3.05) is 0 Å². The van der Waals surface area contributed by atoms with Gasteiger partial charge in [0.15, 0.2) is 5.60 Å². The molecule has 0 saturated carbocycles. The summed E-state index contributed by atoms with van der Waals surface area (Å²) in [7, 11) is 0. The molecule has 0 radical (unpaired) electrons. The molecule has 1 unspecified atom stereocenters. The van der Waals surface area contributed by atoms with Crippen molar-refractivity contribution >= 4 is 5.97 Å². The predicted molar refractivity (Wildman–Crippen MR) is 80.3 cm³/mol. The third-order valence-electron chi connectivity index (χ3n) is 4.24. The van der Waals surface area contributed by atoms with Crippen LogP contribution in [0.5, 0.6) is 0 Å². The number of alkyl halides is 1. The Hall–Kier alpha value is -1.53. The summed E-state index contributed by atoms with van der Waals surface area (Å²) in [5.74, 6) is -1.44. The molecule has 0 fully saturated rings. The molecular formula is C16H23FN2O3. The fraction of sp³-hybridized carbons (Fsp3) is 0.625. The van der Waals surface area contributed by atoms with E-state index in [-0.39, 0.29) is 12.8 Å². The van der Waals surface area contributed by atoms with E-state index in [2.05, 4.69) is 4.98 Å². The molecule has 4 N–H and O–H groups in total. The van der Waals surface area contributed by atoms with Crippen molar-refractivity contribution in [2.24, 2.45) is 5.73 Å². The molecule has 1 aromatic heterocycles. The number of aromatic nitrogens is 1. The highest BCUT2D eigenvalue weighted by molar-refractivity contribution is 5.78. The van der Waals surface area contributed by atoms with Gasteiger partial charge in [0.2, 0.25) is 0 Å². The number of aliphatic carboxylic acids is 1. The van der Waals surface area contributed by atoms with Crippen LogP contribution in [0.1, 0.15) is 43.5 Å². The quantitative estimate of drug-likeness (QED) is 0.738. The molecule has 0 aliphatic heterocycles. The zero-order valence-corrected chi connectivity index (χ0v) is 13.0. The summed E-state index contributed by atoms with van der Waals surface area (Å²) in [5, 5.41) is 20.0. The minimum atomic E-state index is -2.23. The lowest BCUT2D eigenvalue weighted by molar-refractivity contribution is -0.161. The lowest BCUT2D eigenvalue weighted by atomic mass is 9.83. The van der Waals surface area contributed by atoms with Crippen molar-refractivity contribution < 1.29 is 19.4 Å². The summed E-state index contributed by atoms with van der Waals surface area (Å²) in [5.41, 5.74) is 4.63. The first-order chi connectivity index (χ1) is 10.1. The summed E-state index contributed by atoms with van der Waals surface area (Å²) >= 11 is 0. The number of carboxylic acid groups (broad SMARTS) is 1. The molecule has 0 spiro atoms. The first-order valence-electron chi connectivity index (χ1n) is 7.49. The summed E-state index contributed by atoms with van der Waals surface area (Å²) in [4.78, 5) is 15.8. The molecule has 1 aromatic rings. The van der Waals surface area contributed by atoms with E-state index >= 15 is 0 Å². The highest BCUT2D eigenvalue weighted by Crippen LogP contribution is 2.29. The summed E-state index contributed by atoms with van der Waals surface area (Å²) < 4.78 is 13.8. The van der Waals surface area contributed by atoms with Gasteiger partial charge < -0.3 is 15.9 Å². The normalized spacial score (nSPS) is 18.6. The fourth-order valence-electron chi connectivity index (χ4n) is 3.04. The van der Waals surface area contributed by atoms with Crippen LogP contribution in [0.4, 0.5) is 4.39 Å². The Morgan fingerprint density at radius 3 is 2.77 bits per heavy atom. The molecule has 0 saturated heterocycles. The molecule has 6 heteroatoms. The van der Waals surface area contributed by atoms with Crippen LogP contribution in [0.15, 0.2) is 12.3 Å². The second kappa shape index (κ2) is 5.93. The number of carbonyl (C=O) groups is 1. The molecule has 2 rings (SSSR count). The monoisotopic (exact) mass is 310 g/mol. The molecule has 1 aliphatic rings. The van der Waals surface area contributed by atoms with Gasteiger partial charge in [-0.1, -0.05) is 0 Å². The van der Waals surface area contributed by atoms with Gasteiger partial charge in [0.25, 0.3) is 0 Å². The van der Waals surface area contributed by atoms with Gasteiger partial charge in [0.1, 0.15) is 5.67 Å². The molecule has 22 heavy (non-hydrogen) atoms. The number of hydrogen-bond donors (Lipinski definition) is 3. The first kappa shape index (κ1) is 16.8. The molecule has 1 heterocycles. The highest BCUT2D eigenvalue weighted by Gasteiger charge is 2.45. The van der Waals surface area contributed by atoms with Gasteiger partial charge in [-0.3, -0.25) is 4.98 Å². The Balaban J connectivity index is 2.29. The van der Waals surface area contributed by atoms with Crippen LogP contribution in [0.2, 0.25) is 0 Å². The number of aryl methyl sites for hydroxylation is 1. The smallest absolute Gasteiger partial charge is 0.337 e.